The predicted octanol–water partition coefficient (Wildman–Crippen LogP) is 16.3. The van der Waals surface area contributed by atoms with Crippen LogP contribution in [0.15, 0.2) is 122 Å². The summed E-state index contributed by atoms with van der Waals surface area (Å²) in [7, 11) is 0. The van der Waals surface area contributed by atoms with E-state index in [1.54, 1.807) is 6.08 Å². The smallest absolute Gasteiger partial charge is 0.220 e. The molecule has 0 aromatic rings. The van der Waals surface area contributed by atoms with E-state index in [0.717, 1.165) is 96.3 Å². The Labute approximate surface area is 471 Å². The van der Waals surface area contributed by atoms with E-state index in [0.29, 0.717) is 6.42 Å². The molecule has 7 atom stereocenters. The Hall–Kier alpha value is -3.41. The highest BCUT2D eigenvalue weighted by atomic mass is 16.7. The number of nitrogens with one attached hydrogen (secondary N) is 1. The van der Waals surface area contributed by atoms with E-state index in [2.05, 4.69) is 129 Å². The summed E-state index contributed by atoms with van der Waals surface area (Å²) < 4.78 is 11.2. The number of aliphatic hydroxyl groups is 5. The molecule has 1 aliphatic heterocycles. The molecule has 6 N–H and O–H groups in total. The van der Waals surface area contributed by atoms with Crippen LogP contribution in [-0.4, -0.2) is 87.5 Å². The van der Waals surface area contributed by atoms with Gasteiger partial charge in [0.25, 0.3) is 0 Å². The first-order valence-electron chi connectivity index (χ1n) is 31.3. The van der Waals surface area contributed by atoms with Crippen molar-refractivity contribution in [3.05, 3.63) is 122 Å². The molecule has 1 amide bonds. The van der Waals surface area contributed by atoms with Crippen molar-refractivity contribution < 1.29 is 39.8 Å². The molecule has 1 fully saturated rings. The Morgan fingerprint density at radius 1 is 0.455 bits per heavy atom. The number of aliphatic hydroxyl groups excluding tert-OH is 5. The van der Waals surface area contributed by atoms with Crippen LogP contribution in [-0.2, 0) is 14.3 Å². The van der Waals surface area contributed by atoms with Gasteiger partial charge in [-0.2, -0.15) is 0 Å². The summed E-state index contributed by atoms with van der Waals surface area (Å²) >= 11 is 0. The molecule has 0 aromatic heterocycles. The molecule has 1 heterocycles. The van der Waals surface area contributed by atoms with Crippen LogP contribution in [0.1, 0.15) is 245 Å². The Kier molecular flexibility index (Phi) is 52.0. The zero-order chi connectivity index (χ0) is 55.8. The molecule has 0 spiro atoms. The van der Waals surface area contributed by atoms with Gasteiger partial charge in [0.1, 0.15) is 24.4 Å². The largest absolute Gasteiger partial charge is 0.394 e. The van der Waals surface area contributed by atoms with E-state index in [1.807, 2.05) is 6.08 Å². The summed E-state index contributed by atoms with van der Waals surface area (Å²) in [6, 6.07) is -0.834. The highest BCUT2D eigenvalue weighted by molar-refractivity contribution is 5.76. The fraction of sp³-hybridized carbons (Fsp3) is 0.691. The van der Waals surface area contributed by atoms with Crippen molar-refractivity contribution in [1.29, 1.82) is 0 Å². The SMILES string of the molecule is CC/C=C\C/C=C\C/C=C\C/C=C\C/C=C\C/C=C\C/C=C\CCCCCCCCCCCCCCCCCCCC(=O)NC(COC1OC(CO)C(O)C(O)C1O)C(O)/C=C/CC/C=C/CC/C=C/CCCCCCC. The molecule has 9 heteroatoms. The van der Waals surface area contributed by atoms with Gasteiger partial charge in [-0.25, -0.2) is 0 Å². The monoisotopic (exact) mass is 1070 g/mol. The minimum absolute atomic E-state index is 0.194. The molecule has 0 aromatic carbocycles. The Bertz CT molecular complexity index is 1620. The molecule has 440 valence electrons. The van der Waals surface area contributed by atoms with Gasteiger partial charge in [0, 0.05) is 6.42 Å². The van der Waals surface area contributed by atoms with Crippen LogP contribution in [0.25, 0.3) is 0 Å². The maximum Gasteiger partial charge on any atom is 0.220 e. The molecule has 1 rings (SSSR count). The van der Waals surface area contributed by atoms with Gasteiger partial charge >= 0.3 is 0 Å². The van der Waals surface area contributed by atoms with E-state index in [1.165, 1.54) is 128 Å². The van der Waals surface area contributed by atoms with Crippen molar-refractivity contribution in [3.8, 4) is 0 Å². The normalized spacial score (nSPS) is 19.6. The fourth-order valence-electron chi connectivity index (χ4n) is 9.11. The van der Waals surface area contributed by atoms with Gasteiger partial charge in [-0.3, -0.25) is 4.79 Å². The van der Waals surface area contributed by atoms with Gasteiger partial charge in [0.2, 0.25) is 5.91 Å². The van der Waals surface area contributed by atoms with Crippen LogP contribution in [0.4, 0.5) is 0 Å². The highest BCUT2D eigenvalue weighted by Gasteiger charge is 2.44. The predicted molar refractivity (Wildman–Crippen MR) is 327 cm³/mol. The minimum Gasteiger partial charge on any atom is -0.394 e. The Morgan fingerprint density at radius 3 is 1.25 bits per heavy atom. The van der Waals surface area contributed by atoms with Gasteiger partial charge in [0.05, 0.1) is 25.4 Å². The molecule has 1 aliphatic rings. The van der Waals surface area contributed by atoms with E-state index in [4.69, 9.17) is 9.47 Å². The van der Waals surface area contributed by atoms with Crippen molar-refractivity contribution in [2.24, 2.45) is 0 Å². The first-order valence-corrected chi connectivity index (χ1v) is 31.3. The summed E-state index contributed by atoms with van der Waals surface area (Å²) in [6.45, 7) is 3.62. The van der Waals surface area contributed by atoms with Crippen LogP contribution in [0.2, 0.25) is 0 Å². The number of rotatable bonds is 52. The maximum atomic E-state index is 13.1. The van der Waals surface area contributed by atoms with Gasteiger partial charge in [0.15, 0.2) is 6.29 Å². The zero-order valence-corrected chi connectivity index (χ0v) is 48.9. The van der Waals surface area contributed by atoms with Crippen LogP contribution < -0.4 is 5.32 Å². The molecule has 0 aliphatic carbocycles. The van der Waals surface area contributed by atoms with Gasteiger partial charge in [-0.1, -0.05) is 257 Å². The third-order valence-corrected chi connectivity index (χ3v) is 14.0. The van der Waals surface area contributed by atoms with E-state index in [-0.39, 0.29) is 12.5 Å². The third kappa shape index (κ3) is 45.1. The first kappa shape index (κ1) is 71.6. The van der Waals surface area contributed by atoms with E-state index < -0.39 is 49.5 Å². The number of hydrogen-bond donors (Lipinski definition) is 6. The van der Waals surface area contributed by atoms with Gasteiger partial charge < -0.3 is 40.3 Å². The second-order valence-corrected chi connectivity index (χ2v) is 21.1. The number of hydrogen-bond acceptors (Lipinski definition) is 8. The molecular weight excluding hydrogens is 959 g/mol. The lowest BCUT2D eigenvalue weighted by molar-refractivity contribution is -0.302. The van der Waals surface area contributed by atoms with E-state index in [9.17, 15) is 30.3 Å². The Balaban J connectivity index is 2.12. The highest BCUT2D eigenvalue weighted by Crippen LogP contribution is 2.23. The van der Waals surface area contributed by atoms with Crippen molar-refractivity contribution in [1.82, 2.24) is 5.32 Å². The van der Waals surface area contributed by atoms with Crippen molar-refractivity contribution >= 4 is 5.91 Å². The topological polar surface area (TPSA) is 149 Å². The van der Waals surface area contributed by atoms with E-state index >= 15 is 0 Å². The molecule has 1 saturated heterocycles. The molecular formula is C68H115NO8. The zero-order valence-electron chi connectivity index (χ0n) is 48.9. The van der Waals surface area contributed by atoms with Crippen LogP contribution in [0.5, 0.6) is 0 Å². The average Bonchev–Trinajstić information content (AvgIpc) is 3.43. The summed E-state index contributed by atoms with van der Waals surface area (Å²) in [5, 5.41) is 54.5. The number of ether oxygens (including phenoxy) is 2. The lowest BCUT2D eigenvalue weighted by Gasteiger charge is -2.40. The maximum absolute atomic E-state index is 13.1. The summed E-state index contributed by atoms with van der Waals surface area (Å²) in [5.41, 5.74) is 0. The number of allylic oxidation sites excluding steroid dienone is 19. The molecule has 7 unspecified atom stereocenters. The number of carbonyl (C=O) groups is 1. The summed E-state index contributed by atoms with van der Waals surface area (Å²) in [4.78, 5) is 13.1. The van der Waals surface area contributed by atoms with Crippen LogP contribution in [0.3, 0.4) is 0 Å². The second-order valence-electron chi connectivity index (χ2n) is 21.1. The third-order valence-electron chi connectivity index (χ3n) is 14.0. The quantitative estimate of drug-likeness (QED) is 0.0261. The minimum atomic E-state index is -1.58. The van der Waals surface area contributed by atoms with Crippen molar-refractivity contribution in [2.75, 3.05) is 13.2 Å². The van der Waals surface area contributed by atoms with Gasteiger partial charge in [-0.05, 0) is 103 Å². The Morgan fingerprint density at radius 2 is 0.818 bits per heavy atom. The first-order chi connectivity index (χ1) is 37.8. The summed E-state index contributed by atoms with van der Waals surface area (Å²) in [5.74, 6) is -0.194. The number of unbranched alkanes of at least 4 members (excludes halogenated alkanes) is 24. The second kappa shape index (κ2) is 55.9. The summed E-state index contributed by atoms with van der Waals surface area (Å²) in [6.07, 6.45) is 77.1. The fourth-order valence-corrected chi connectivity index (χ4v) is 9.11. The molecule has 77 heavy (non-hydrogen) atoms. The standard InChI is InChI=1S/C68H115NO8/c1-3-5-7-9-11-13-15-17-19-20-21-22-23-24-25-26-27-28-29-30-31-32-33-34-35-36-37-38-39-40-41-42-44-46-48-50-52-54-56-58-64(72)69-61(60-76-68-67(75)66(74)65(73)63(59-70)77-68)62(71)57-55-53-51-49-47-45-43-18-16-14-12-10-8-6-4-2/h5,7,11,13,16-19,21-22,24-25,27-28,30-31,47,49,55,57,61-63,65-68,70-71,73-75H,3-4,6,8-10,12,14-15,20,23,26,29,32-46,48,50-54,56,58-60H2,1-2H3,(H,69,72)/b7-5-,13-11-,18-16+,19-17-,22-21-,25-24-,28-27-,31-30-,49-47+,57-55+. The van der Waals surface area contributed by atoms with Crippen molar-refractivity contribution in [3.63, 3.8) is 0 Å². The van der Waals surface area contributed by atoms with Crippen LogP contribution in [0, 0.1) is 0 Å². The lowest BCUT2D eigenvalue weighted by atomic mass is 9.99. The average molecular weight is 1070 g/mol. The molecule has 0 saturated carbocycles. The van der Waals surface area contributed by atoms with Gasteiger partial charge in [-0.15, -0.1) is 0 Å². The number of carbonyl (C=O) groups excluding carboxylic acids is 1. The molecule has 0 radical (unpaired) electrons. The van der Waals surface area contributed by atoms with Crippen molar-refractivity contribution in [2.45, 2.75) is 288 Å². The lowest BCUT2D eigenvalue weighted by Crippen LogP contribution is -2.60. The molecule has 9 nitrogen and oxygen atoms in total. The number of amides is 1. The van der Waals surface area contributed by atoms with Crippen LogP contribution >= 0.6 is 0 Å². The molecule has 0 bridgehead atoms.